The summed E-state index contributed by atoms with van der Waals surface area (Å²) in [5.41, 5.74) is 12.1. The SMILES string of the molecule is CC(=O)O.CC(=O)O.CC(=O)O.CC(=O)O.Nc1ccccc1N. The van der Waals surface area contributed by atoms with Crippen LogP contribution in [0.15, 0.2) is 24.3 Å². The lowest BCUT2D eigenvalue weighted by Gasteiger charge is -1.94. The zero-order valence-electron chi connectivity index (χ0n) is 13.9. The van der Waals surface area contributed by atoms with Crippen molar-refractivity contribution >= 4 is 35.3 Å². The maximum Gasteiger partial charge on any atom is 0.300 e. The molecule has 0 aliphatic heterocycles. The number of aliphatic carboxylic acids is 4. The first-order valence-corrected chi connectivity index (χ1v) is 6.12. The van der Waals surface area contributed by atoms with Gasteiger partial charge in [0.15, 0.2) is 0 Å². The number of carboxylic acids is 4. The van der Waals surface area contributed by atoms with E-state index in [-0.39, 0.29) is 0 Å². The fourth-order valence-electron chi connectivity index (χ4n) is 0.511. The van der Waals surface area contributed by atoms with Gasteiger partial charge in [0.2, 0.25) is 0 Å². The molecule has 10 nitrogen and oxygen atoms in total. The normalized spacial score (nSPS) is 7.17. The maximum absolute atomic E-state index is 9.00. The van der Waals surface area contributed by atoms with Gasteiger partial charge in [0.05, 0.1) is 11.4 Å². The van der Waals surface area contributed by atoms with E-state index in [1.807, 2.05) is 12.1 Å². The second-order valence-electron chi connectivity index (χ2n) is 3.70. The van der Waals surface area contributed by atoms with Crippen molar-refractivity contribution in [3.63, 3.8) is 0 Å². The number of hydrogen-bond donors (Lipinski definition) is 6. The first-order chi connectivity index (χ1) is 10.7. The average molecular weight is 348 g/mol. The Balaban J connectivity index is -0.000000110. The number of anilines is 2. The van der Waals surface area contributed by atoms with E-state index in [9.17, 15) is 0 Å². The minimum Gasteiger partial charge on any atom is -0.481 e. The van der Waals surface area contributed by atoms with E-state index in [0.29, 0.717) is 11.4 Å². The monoisotopic (exact) mass is 348 g/mol. The van der Waals surface area contributed by atoms with Crippen LogP contribution in [0.1, 0.15) is 27.7 Å². The van der Waals surface area contributed by atoms with Gasteiger partial charge in [-0.2, -0.15) is 0 Å². The molecule has 0 aliphatic rings. The number of carboxylic acid groups (broad SMARTS) is 4. The summed E-state index contributed by atoms with van der Waals surface area (Å²) < 4.78 is 0. The number of hydrogen-bond acceptors (Lipinski definition) is 6. The van der Waals surface area contributed by atoms with Gasteiger partial charge in [0, 0.05) is 27.7 Å². The van der Waals surface area contributed by atoms with Crippen molar-refractivity contribution in [1.82, 2.24) is 0 Å². The molecule has 1 rings (SSSR count). The summed E-state index contributed by atoms with van der Waals surface area (Å²) in [5.74, 6) is -3.33. The second-order valence-corrected chi connectivity index (χ2v) is 3.70. The van der Waals surface area contributed by atoms with Crippen LogP contribution in [0.5, 0.6) is 0 Å². The molecule has 0 fully saturated rings. The van der Waals surface area contributed by atoms with Crippen LogP contribution < -0.4 is 11.5 Å². The van der Waals surface area contributed by atoms with E-state index in [1.54, 1.807) is 12.1 Å². The lowest BCUT2D eigenvalue weighted by molar-refractivity contribution is -0.135. The first-order valence-electron chi connectivity index (χ1n) is 6.12. The van der Waals surface area contributed by atoms with Gasteiger partial charge < -0.3 is 31.9 Å². The van der Waals surface area contributed by atoms with E-state index >= 15 is 0 Å². The van der Waals surface area contributed by atoms with Gasteiger partial charge in [-0.15, -0.1) is 0 Å². The summed E-state index contributed by atoms with van der Waals surface area (Å²) in [4.78, 5) is 36.0. The Morgan fingerprint density at radius 1 is 0.625 bits per heavy atom. The van der Waals surface area contributed by atoms with Crippen molar-refractivity contribution in [2.45, 2.75) is 27.7 Å². The Morgan fingerprint density at radius 2 is 0.750 bits per heavy atom. The molecule has 0 heterocycles. The molecule has 8 N–H and O–H groups in total. The third kappa shape index (κ3) is 98.8. The van der Waals surface area contributed by atoms with Gasteiger partial charge >= 0.3 is 0 Å². The van der Waals surface area contributed by atoms with Crippen LogP contribution >= 0.6 is 0 Å². The summed E-state index contributed by atoms with van der Waals surface area (Å²) in [6.07, 6.45) is 0. The molecule has 138 valence electrons. The molecule has 0 radical (unpaired) electrons. The molecular weight excluding hydrogens is 324 g/mol. The highest BCUT2D eigenvalue weighted by atomic mass is 16.4. The van der Waals surface area contributed by atoms with Gasteiger partial charge in [-0.25, -0.2) is 0 Å². The first kappa shape index (κ1) is 28.8. The van der Waals surface area contributed by atoms with E-state index < -0.39 is 23.9 Å². The summed E-state index contributed by atoms with van der Waals surface area (Å²) in [6, 6.07) is 7.25. The third-order valence-electron chi connectivity index (χ3n) is 0.996. The lowest BCUT2D eigenvalue weighted by atomic mass is 10.3. The Labute approximate surface area is 139 Å². The molecule has 0 atom stereocenters. The summed E-state index contributed by atoms with van der Waals surface area (Å²) in [6.45, 7) is 4.33. The number of para-hydroxylation sites is 2. The smallest absolute Gasteiger partial charge is 0.300 e. The van der Waals surface area contributed by atoms with E-state index in [2.05, 4.69) is 0 Å². The number of nitrogens with two attached hydrogens (primary N) is 2. The fourth-order valence-corrected chi connectivity index (χ4v) is 0.511. The fraction of sp³-hybridized carbons (Fsp3) is 0.286. The molecular formula is C14H24N2O8. The number of nitrogen functional groups attached to an aromatic ring is 2. The minimum atomic E-state index is -0.833. The molecule has 0 bridgehead atoms. The molecule has 0 saturated heterocycles. The van der Waals surface area contributed by atoms with E-state index in [0.717, 1.165) is 27.7 Å². The molecule has 1 aromatic rings. The van der Waals surface area contributed by atoms with E-state index in [1.165, 1.54) is 0 Å². The third-order valence-corrected chi connectivity index (χ3v) is 0.996. The largest absolute Gasteiger partial charge is 0.481 e. The quantitative estimate of drug-likeness (QED) is 0.370. The number of rotatable bonds is 0. The van der Waals surface area contributed by atoms with Crippen LogP contribution in [0.25, 0.3) is 0 Å². The molecule has 1 aromatic carbocycles. The zero-order valence-corrected chi connectivity index (χ0v) is 13.9. The van der Waals surface area contributed by atoms with Crippen molar-refractivity contribution < 1.29 is 39.6 Å². The average Bonchev–Trinajstić information content (AvgIpc) is 2.30. The minimum absolute atomic E-state index is 0.646. The highest BCUT2D eigenvalue weighted by Gasteiger charge is 1.85. The molecule has 0 saturated carbocycles. The highest BCUT2D eigenvalue weighted by molar-refractivity contribution is 5.63. The molecule has 0 aliphatic carbocycles. The summed E-state index contributed by atoms with van der Waals surface area (Å²) >= 11 is 0. The van der Waals surface area contributed by atoms with Crippen LogP contribution in [0.3, 0.4) is 0 Å². The van der Waals surface area contributed by atoms with Crippen LogP contribution in [0.4, 0.5) is 11.4 Å². The van der Waals surface area contributed by atoms with Crippen molar-refractivity contribution in [2.75, 3.05) is 11.5 Å². The van der Waals surface area contributed by atoms with Gasteiger partial charge in [-0.3, -0.25) is 19.2 Å². The molecule has 0 spiro atoms. The Bertz CT molecular complexity index is 418. The topological polar surface area (TPSA) is 201 Å². The standard InChI is InChI=1S/C6H8N2.4C2H4O2/c7-5-3-1-2-4-6(5)8;4*1-2(3)4/h1-4H,7-8H2;4*1H3,(H,3,4). The van der Waals surface area contributed by atoms with Gasteiger partial charge in [-0.1, -0.05) is 12.1 Å². The van der Waals surface area contributed by atoms with Crippen LogP contribution in [-0.4, -0.2) is 44.3 Å². The molecule has 0 unspecified atom stereocenters. The predicted molar refractivity (Wildman–Crippen MR) is 88.5 cm³/mol. The van der Waals surface area contributed by atoms with Crippen molar-refractivity contribution in [3.8, 4) is 0 Å². The Kier molecular flexibility index (Phi) is 23.6. The second kappa shape index (κ2) is 19.7. The van der Waals surface area contributed by atoms with Crippen molar-refractivity contribution in [2.24, 2.45) is 0 Å². The van der Waals surface area contributed by atoms with Gasteiger partial charge in [0.25, 0.3) is 23.9 Å². The van der Waals surface area contributed by atoms with Crippen molar-refractivity contribution in [1.29, 1.82) is 0 Å². The van der Waals surface area contributed by atoms with Crippen LogP contribution in [-0.2, 0) is 19.2 Å². The predicted octanol–water partition coefficient (Wildman–Crippen LogP) is 1.21. The van der Waals surface area contributed by atoms with Gasteiger partial charge in [0.1, 0.15) is 0 Å². The van der Waals surface area contributed by atoms with Crippen molar-refractivity contribution in [3.05, 3.63) is 24.3 Å². The molecule has 0 aromatic heterocycles. The number of benzene rings is 1. The molecule has 24 heavy (non-hydrogen) atoms. The van der Waals surface area contributed by atoms with Crippen LogP contribution in [0.2, 0.25) is 0 Å². The summed E-state index contributed by atoms with van der Waals surface area (Å²) in [7, 11) is 0. The molecule has 10 heteroatoms. The zero-order chi connectivity index (χ0) is 20.3. The maximum atomic E-state index is 9.00. The summed E-state index contributed by atoms with van der Waals surface area (Å²) in [5, 5.41) is 29.7. The van der Waals surface area contributed by atoms with Gasteiger partial charge in [-0.05, 0) is 12.1 Å². The molecule has 0 amide bonds. The lowest BCUT2D eigenvalue weighted by Crippen LogP contribution is -1.91. The highest BCUT2D eigenvalue weighted by Crippen LogP contribution is 2.10. The Hall–Kier alpha value is -3.30. The van der Waals surface area contributed by atoms with Crippen LogP contribution in [0, 0.1) is 0 Å². The Morgan fingerprint density at radius 3 is 0.833 bits per heavy atom. The number of carbonyl (C=O) groups is 4. The van der Waals surface area contributed by atoms with E-state index in [4.69, 9.17) is 51.1 Å².